The minimum atomic E-state index is -2.13. The van der Waals surface area contributed by atoms with Gasteiger partial charge in [-0.2, -0.15) is 0 Å². The molecule has 0 aliphatic heterocycles. The van der Waals surface area contributed by atoms with Gasteiger partial charge in [0.2, 0.25) is 0 Å². The molecule has 0 heterocycles. The van der Waals surface area contributed by atoms with Crippen molar-refractivity contribution in [3.63, 3.8) is 0 Å². The third-order valence-corrected chi connectivity index (χ3v) is 11.3. The maximum atomic E-state index is 12.1. The molecule has 0 aromatic rings. The summed E-state index contributed by atoms with van der Waals surface area (Å²) in [5.74, 6) is -0.183. The number of methoxy groups -OCH3 is 1. The SMILES string of the molecule is CCO[Si](C)(CCCN(CCC[Si](C)(OCC)OCC)CCC(=O)OCCOC)OCC. The molecule has 0 atom stereocenters. The molecule has 0 aromatic heterocycles. The highest BCUT2D eigenvalue weighted by Crippen LogP contribution is 2.19. The Morgan fingerprint density at radius 2 is 1.16 bits per heavy atom. The van der Waals surface area contributed by atoms with Crippen molar-refractivity contribution in [3.05, 3.63) is 0 Å². The van der Waals surface area contributed by atoms with Crippen LogP contribution in [0.25, 0.3) is 0 Å². The lowest BCUT2D eigenvalue weighted by atomic mass is 10.3. The van der Waals surface area contributed by atoms with E-state index in [2.05, 4.69) is 18.0 Å². The Balaban J connectivity index is 4.78. The Morgan fingerprint density at radius 1 is 0.719 bits per heavy atom. The van der Waals surface area contributed by atoms with Crippen molar-refractivity contribution >= 4 is 23.1 Å². The number of nitrogens with zero attached hydrogens (tertiary/aromatic N) is 1. The van der Waals surface area contributed by atoms with Gasteiger partial charge in [0.25, 0.3) is 0 Å². The Bertz CT molecular complexity index is 432. The molecule has 0 rings (SSSR count). The van der Waals surface area contributed by atoms with Gasteiger partial charge in [-0.3, -0.25) is 4.79 Å². The van der Waals surface area contributed by atoms with Crippen LogP contribution in [0.2, 0.25) is 25.2 Å². The van der Waals surface area contributed by atoms with E-state index in [1.807, 2.05) is 27.7 Å². The normalized spacial score (nSPS) is 12.5. The van der Waals surface area contributed by atoms with Crippen molar-refractivity contribution in [3.8, 4) is 0 Å². The van der Waals surface area contributed by atoms with Gasteiger partial charge < -0.3 is 32.1 Å². The van der Waals surface area contributed by atoms with Crippen LogP contribution in [0.15, 0.2) is 0 Å². The Labute approximate surface area is 198 Å². The highest BCUT2D eigenvalue weighted by Gasteiger charge is 2.31. The summed E-state index contributed by atoms with van der Waals surface area (Å²) < 4.78 is 34.0. The Morgan fingerprint density at radius 3 is 1.53 bits per heavy atom. The molecule has 10 heteroatoms. The average molecular weight is 496 g/mol. The summed E-state index contributed by atoms with van der Waals surface area (Å²) >= 11 is 0. The lowest BCUT2D eigenvalue weighted by molar-refractivity contribution is -0.145. The lowest BCUT2D eigenvalue weighted by Gasteiger charge is -2.29. The van der Waals surface area contributed by atoms with E-state index in [-0.39, 0.29) is 5.97 Å². The second-order valence-electron chi connectivity index (χ2n) is 8.01. The predicted molar refractivity (Wildman–Crippen MR) is 132 cm³/mol. The van der Waals surface area contributed by atoms with E-state index in [9.17, 15) is 4.79 Å². The van der Waals surface area contributed by atoms with Crippen LogP contribution in [0.4, 0.5) is 0 Å². The van der Waals surface area contributed by atoms with E-state index in [0.29, 0.717) is 52.6 Å². The quantitative estimate of drug-likeness (QED) is 0.127. The van der Waals surface area contributed by atoms with Gasteiger partial charge in [0, 0.05) is 40.1 Å². The monoisotopic (exact) mass is 495 g/mol. The molecule has 0 radical (unpaired) electrons. The van der Waals surface area contributed by atoms with Crippen molar-refractivity contribution in [2.45, 2.75) is 72.1 Å². The first-order valence-corrected chi connectivity index (χ1v) is 17.3. The first kappa shape index (κ1) is 31.7. The van der Waals surface area contributed by atoms with Gasteiger partial charge in [-0.15, -0.1) is 0 Å². The molecular formula is C22H49NO7Si2. The smallest absolute Gasteiger partial charge is 0.334 e. The molecule has 0 aliphatic carbocycles. The minimum absolute atomic E-state index is 0.183. The second kappa shape index (κ2) is 19.0. The number of rotatable bonds is 22. The highest BCUT2D eigenvalue weighted by molar-refractivity contribution is 6.66. The second-order valence-corrected chi connectivity index (χ2v) is 14.7. The van der Waals surface area contributed by atoms with Crippen LogP contribution >= 0.6 is 0 Å². The third kappa shape index (κ3) is 15.5. The van der Waals surface area contributed by atoms with Crippen LogP contribution < -0.4 is 0 Å². The van der Waals surface area contributed by atoms with Gasteiger partial charge in [0.05, 0.1) is 13.0 Å². The molecule has 0 saturated carbocycles. The summed E-state index contributed by atoms with van der Waals surface area (Å²) in [6.45, 7) is 18.3. The van der Waals surface area contributed by atoms with Gasteiger partial charge in [0.15, 0.2) is 0 Å². The molecule has 32 heavy (non-hydrogen) atoms. The van der Waals surface area contributed by atoms with Crippen molar-refractivity contribution < 1.29 is 32.0 Å². The summed E-state index contributed by atoms with van der Waals surface area (Å²) in [5, 5.41) is 0. The topological polar surface area (TPSA) is 75.7 Å². The summed E-state index contributed by atoms with van der Waals surface area (Å²) in [5.41, 5.74) is 0. The molecule has 0 bridgehead atoms. The Kier molecular flexibility index (Phi) is 18.8. The lowest BCUT2D eigenvalue weighted by Crippen LogP contribution is -2.41. The maximum absolute atomic E-state index is 12.1. The average Bonchev–Trinajstić information content (AvgIpc) is 2.72. The molecule has 0 saturated heterocycles. The van der Waals surface area contributed by atoms with Gasteiger partial charge in [-0.1, -0.05) is 0 Å². The molecule has 0 fully saturated rings. The van der Waals surface area contributed by atoms with Crippen LogP contribution in [-0.2, 0) is 32.0 Å². The fourth-order valence-electron chi connectivity index (χ4n) is 3.74. The molecule has 0 amide bonds. The van der Waals surface area contributed by atoms with E-state index in [1.54, 1.807) is 7.11 Å². The van der Waals surface area contributed by atoms with E-state index < -0.39 is 17.1 Å². The molecular weight excluding hydrogens is 446 g/mol. The number of ether oxygens (including phenoxy) is 2. The summed E-state index contributed by atoms with van der Waals surface area (Å²) in [6, 6.07) is 1.88. The maximum Gasteiger partial charge on any atom is 0.334 e. The molecule has 8 nitrogen and oxygen atoms in total. The minimum Gasteiger partial charge on any atom is -0.463 e. The number of carbonyl (C=O) groups is 1. The summed E-state index contributed by atoms with van der Waals surface area (Å²) in [4.78, 5) is 14.4. The summed E-state index contributed by atoms with van der Waals surface area (Å²) in [7, 11) is -2.67. The number of hydrogen-bond acceptors (Lipinski definition) is 8. The van der Waals surface area contributed by atoms with Gasteiger partial charge in [-0.25, -0.2) is 0 Å². The van der Waals surface area contributed by atoms with E-state index >= 15 is 0 Å². The number of esters is 1. The largest absolute Gasteiger partial charge is 0.463 e. The van der Waals surface area contributed by atoms with Crippen LogP contribution in [-0.4, -0.2) is 94.4 Å². The standard InChI is InChI=1S/C22H49NO7Si2/c1-8-27-31(6,28-9-2)20-12-15-23(17-14-22(24)26-19-18-25-5)16-13-21-32(7,29-10-3)30-11-4/h8-21H2,1-7H3. The van der Waals surface area contributed by atoms with Crippen molar-refractivity contribution in [1.82, 2.24) is 4.90 Å². The zero-order chi connectivity index (χ0) is 24.3. The van der Waals surface area contributed by atoms with Crippen LogP contribution in [0.5, 0.6) is 0 Å². The first-order valence-electron chi connectivity index (χ1n) is 12.2. The van der Waals surface area contributed by atoms with E-state index in [1.165, 1.54) is 0 Å². The molecule has 0 unspecified atom stereocenters. The van der Waals surface area contributed by atoms with Gasteiger partial charge in [0.1, 0.15) is 6.61 Å². The molecule has 0 aromatic carbocycles. The first-order chi connectivity index (χ1) is 15.3. The van der Waals surface area contributed by atoms with E-state index in [4.69, 9.17) is 27.2 Å². The number of hydrogen-bond donors (Lipinski definition) is 0. The molecule has 0 spiro atoms. The fraction of sp³-hybridized carbons (Fsp3) is 0.955. The van der Waals surface area contributed by atoms with Crippen molar-refractivity contribution in [2.24, 2.45) is 0 Å². The van der Waals surface area contributed by atoms with Gasteiger partial charge in [-0.05, 0) is 78.8 Å². The molecule has 192 valence electrons. The van der Waals surface area contributed by atoms with Crippen LogP contribution in [0, 0.1) is 0 Å². The van der Waals surface area contributed by atoms with Crippen molar-refractivity contribution in [2.75, 3.05) is 66.4 Å². The van der Waals surface area contributed by atoms with Gasteiger partial charge >= 0.3 is 23.1 Å². The molecule has 0 N–H and O–H groups in total. The zero-order valence-electron chi connectivity index (χ0n) is 21.7. The highest BCUT2D eigenvalue weighted by atomic mass is 28.4. The molecule has 0 aliphatic rings. The van der Waals surface area contributed by atoms with E-state index in [0.717, 1.165) is 38.0 Å². The van der Waals surface area contributed by atoms with Crippen molar-refractivity contribution in [1.29, 1.82) is 0 Å². The van der Waals surface area contributed by atoms with Crippen LogP contribution in [0.1, 0.15) is 47.0 Å². The Hall–Kier alpha value is -0.336. The predicted octanol–water partition coefficient (Wildman–Crippen LogP) is 3.94. The summed E-state index contributed by atoms with van der Waals surface area (Å²) in [6.07, 6.45) is 2.33. The van der Waals surface area contributed by atoms with Crippen LogP contribution in [0.3, 0.4) is 0 Å². The fourth-order valence-corrected chi connectivity index (χ4v) is 8.52. The zero-order valence-corrected chi connectivity index (χ0v) is 23.7. The third-order valence-electron chi connectivity index (χ3n) is 5.19. The number of carbonyl (C=O) groups excluding carboxylic acids is 1.